The lowest BCUT2D eigenvalue weighted by Crippen LogP contribution is -2.43. The standard InChI is InChI=1S/C14H15N3O3/c15-7-10-1-3-11(4-2-10)8-16-14(20)17(9-13(18)19)12-5-6-12/h1-4,12H,5-6,8-9H2,(H,16,20)(H,18,19). The number of benzene rings is 1. The second kappa shape index (κ2) is 6.06. The highest BCUT2D eigenvalue weighted by Crippen LogP contribution is 2.26. The molecule has 6 nitrogen and oxygen atoms in total. The Kier molecular flexibility index (Phi) is 4.20. The number of aliphatic carboxylic acids is 1. The molecule has 0 radical (unpaired) electrons. The van der Waals surface area contributed by atoms with Crippen LogP contribution in [0.1, 0.15) is 24.0 Å². The van der Waals surface area contributed by atoms with Crippen molar-refractivity contribution in [3.8, 4) is 6.07 Å². The van der Waals surface area contributed by atoms with Crippen molar-refractivity contribution in [2.75, 3.05) is 6.54 Å². The molecule has 1 aromatic rings. The summed E-state index contributed by atoms with van der Waals surface area (Å²) in [5, 5.41) is 20.2. The molecular weight excluding hydrogens is 258 g/mol. The van der Waals surface area contributed by atoms with Crippen molar-refractivity contribution in [1.29, 1.82) is 5.26 Å². The van der Waals surface area contributed by atoms with Gasteiger partial charge in [0.1, 0.15) is 6.54 Å². The zero-order chi connectivity index (χ0) is 14.5. The molecule has 0 heterocycles. The van der Waals surface area contributed by atoms with Gasteiger partial charge < -0.3 is 15.3 Å². The fourth-order valence-corrected chi connectivity index (χ4v) is 1.88. The van der Waals surface area contributed by atoms with Gasteiger partial charge in [-0.05, 0) is 30.5 Å². The molecule has 1 saturated carbocycles. The van der Waals surface area contributed by atoms with Gasteiger partial charge in [-0.1, -0.05) is 12.1 Å². The third-order valence-electron chi connectivity index (χ3n) is 3.08. The van der Waals surface area contributed by atoms with E-state index in [0.717, 1.165) is 18.4 Å². The Morgan fingerprint density at radius 1 is 1.35 bits per heavy atom. The summed E-state index contributed by atoms with van der Waals surface area (Å²) in [5.41, 5.74) is 1.42. The molecule has 6 heteroatoms. The smallest absolute Gasteiger partial charge is 0.323 e. The Labute approximate surface area is 116 Å². The molecule has 104 valence electrons. The van der Waals surface area contributed by atoms with Gasteiger partial charge in [0, 0.05) is 12.6 Å². The summed E-state index contributed by atoms with van der Waals surface area (Å²) in [6, 6.07) is 8.59. The molecule has 1 aliphatic rings. The molecule has 2 amide bonds. The number of hydrogen-bond acceptors (Lipinski definition) is 3. The molecule has 0 aromatic heterocycles. The van der Waals surface area contributed by atoms with Crippen molar-refractivity contribution in [2.24, 2.45) is 0 Å². The number of amides is 2. The summed E-state index contributed by atoms with van der Waals surface area (Å²) >= 11 is 0. The lowest BCUT2D eigenvalue weighted by Gasteiger charge is -2.20. The molecule has 0 bridgehead atoms. The van der Waals surface area contributed by atoms with Crippen LogP contribution >= 0.6 is 0 Å². The molecule has 0 unspecified atom stereocenters. The van der Waals surface area contributed by atoms with E-state index < -0.39 is 5.97 Å². The van der Waals surface area contributed by atoms with Crippen molar-refractivity contribution >= 4 is 12.0 Å². The molecule has 0 aliphatic heterocycles. The van der Waals surface area contributed by atoms with E-state index in [-0.39, 0.29) is 18.6 Å². The second-order valence-corrected chi connectivity index (χ2v) is 4.72. The van der Waals surface area contributed by atoms with Crippen LogP contribution < -0.4 is 5.32 Å². The maximum absolute atomic E-state index is 12.0. The summed E-state index contributed by atoms with van der Waals surface area (Å²) in [4.78, 5) is 24.0. The Bertz CT molecular complexity index is 544. The van der Waals surface area contributed by atoms with E-state index in [1.165, 1.54) is 4.90 Å². The SMILES string of the molecule is N#Cc1ccc(CNC(=O)N(CC(=O)O)C2CC2)cc1. The first-order valence-corrected chi connectivity index (χ1v) is 6.35. The average Bonchev–Trinajstić information content (AvgIpc) is 3.27. The number of carbonyl (C=O) groups is 2. The van der Waals surface area contributed by atoms with Crippen LogP contribution in [0.3, 0.4) is 0 Å². The Morgan fingerprint density at radius 2 is 2.00 bits per heavy atom. The minimum absolute atomic E-state index is 0.0482. The number of carboxylic acids is 1. The number of nitrogens with zero attached hydrogens (tertiary/aromatic N) is 2. The summed E-state index contributed by atoms with van der Waals surface area (Å²) in [5.74, 6) is -1.01. The maximum atomic E-state index is 12.0. The van der Waals surface area contributed by atoms with Gasteiger partial charge in [0.25, 0.3) is 0 Å². The van der Waals surface area contributed by atoms with E-state index in [1.54, 1.807) is 24.3 Å². The molecular formula is C14H15N3O3. The minimum atomic E-state index is -1.01. The van der Waals surface area contributed by atoms with Crippen LogP contribution in [-0.4, -0.2) is 34.6 Å². The van der Waals surface area contributed by atoms with Crippen LogP contribution in [0.25, 0.3) is 0 Å². The fourth-order valence-electron chi connectivity index (χ4n) is 1.88. The van der Waals surface area contributed by atoms with Crippen molar-refractivity contribution < 1.29 is 14.7 Å². The monoisotopic (exact) mass is 273 g/mol. The number of hydrogen-bond donors (Lipinski definition) is 2. The summed E-state index contributed by atoms with van der Waals surface area (Å²) in [6.07, 6.45) is 1.72. The van der Waals surface area contributed by atoms with Gasteiger partial charge in [0.05, 0.1) is 11.6 Å². The Morgan fingerprint density at radius 3 is 2.50 bits per heavy atom. The van der Waals surface area contributed by atoms with Gasteiger partial charge in [-0.15, -0.1) is 0 Å². The fraction of sp³-hybridized carbons (Fsp3) is 0.357. The number of carboxylic acid groups (broad SMARTS) is 1. The van der Waals surface area contributed by atoms with E-state index in [4.69, 9.17) is 10.4 Å². The van der Waals surface area contributed by atoms with Gasteiger partial charge >= 0.3 is 12.0 Å². The first-order chi connectivity index (χ1) is 9.60. The Balaban J connectivity index is 1.89. The predicted molar refractivity (Wildman–Crippen MR) is 70.8 cm³/mol. The summed E-state index contributed by atoms with van der Waals surface area (Å²) in [6.45, 7) is 0.0389. The summed E-state index contributed by atoms with van der Waals surface area (Å²) in [7, 11) is 0. The van der Waals surface area contributed by atoms with Gasteiger partial charge in [0.15, 0.2) is 0 Å². The predicted octanol–water partition coefficient (Wildman–Crippen LogP) is 1.32. The molecule has 0 spiro atoms. The molecule has 1 fully saturated rings. The van der Waals surface area contributed by atoms with Gasteiger partial charge in [-0.25, -0.2) is 4.79 Å². The van der Waals surface area contributed by atoms with Crippen molar-refractivity contribution in [3.05, 3.63) is 35.4 Å². The summed E-state index contributed by atoms with van der Waals surface area (Å²) < 4.78 is 0. The van der Waals surface area contributed by atoms with Crippen LogP contribution in [-0.2, 0) is 11.3 Å². The van der Waals surface area contributed by atoms with Crippen LogP contribution in [0.15, 0.2) is 24.3 Å². The van der Waals surface area contributed by atoms with E-state index in [1.807, 2.05) is 6.07 Å². The zero-order valence-electron chi connectivity index (χ0n) is 10.9. The minimum Gasteiger partial charge on any atom is -0.480 e. The third-order valence-corrected chi connectivity index (χ3v) is 3.08. The Hall–Kier alpha value is -2.55. The number of rotatable bonds is 5. The zero-order valence-corrected chi connectivity index (χ0v) is 10.9. The van der Waals surface area contributed by atoms with Crippen molar-refractivity contribution in [2.45, 2.75) is 25.4 Å². The lowest BCUT2D eigenvalue weighted by molar-refractivity contribution is -0.137. The van der Waals surface area contributed by atoms with Gasteiger partial charge in [-0.3, -0.25) is 4.79 Å². The quantitative estimate of drug-likeness (QED) is 0.846. The largest absolute Gasteiger partial charge is 0.480 e. The molecule has 2 N–H and O–H groups in total. The van der Waals surface area contributed by atoms with Crippen LogP contribution in [0.5, 0.6) is 0 Å². The molecule has 1 aliphatic carbocycles. The molecule has 1 aromatic carbocycles. The number of nitrogens with one attached hydrogen (secondary N) is 1. The maximum Gasteiger partial charge on any atom is 0.323 e. The number of nitriles is 1. The van der Waals surface area contributed by atoms with Crippen LogP contribution in [0, 0.1) is 11.3 Å². The van der Waals surface area contributed by atoms with E-state index >= 15 is 0 Å². The first kappa shape index (κ1) is 13.9. The number of carbonyl (C=O) groups excluding carboxylic acids is 1. The highest BCUT2D eigenvalue weighted by molar-refractivity contribution is 5.80. The van der Waals surface area contributed by atoms with Gasteiger partial charge in [-0.2, -0.15) is 5.26 Å². The second-order valence-electron chi connectivity index (χ2n) is 4.72. The first-order valence-electron chi connectivity index (χ1n) is 6.35. The highest BCUT2D eigenvalue weighted by Gasteiger charge is 2.33. The van der Waals surface area contributed by atoms with E-state index in [9.17, 15) is 9.59 Å². The van der Waals surface area contributed by atoms with Crippen molar-refractivity contribution in [3.63, 3.8) is 0 Å². The van der Waals surface area contributed by atoms with Crippen molar-refractivity contribution in [1.82, 2.24) is 10.2 Å². The normalized spacial score (nSPS) is 13.3. The van der Waals surface area contributed by atoms with Crippen LogP contribution in [0.4, 0.5) is 4.79 Å². The average molecular weight is 273 g/mol. The van der Waals surface area contributed by atoms with E-state index in [2.05, 4.69) is 5.32 Å². The topological polar surface area (TPSA) is 93.4 Å². The van der Waals surface area contributed by atoms with Crippen LogP contribution in [0.2, 0.25) is 0 Å². The molecule has 0 atom stereocenters. The van der Waals surface area contributed by atoms with Gasteiger partial charge in [0.2, 0.25) is 0 Å². The molecule has 0 saturated heterocycles. The number of urea groups is 1. The molecule has 2 rings (SSSR count). The van der Waals surface area contributed by atoms with E-state index in [0.29, 0.717) is 12.1 Å². The highest BCUT2D eigenvalue weighted by atomic mass is 16.4. The lowest BCUT2D eigenvalue weighted by atomic mass is 10.1. The molecule has 20 heavy (non-hydrogen) atoms. The third kappa shape index (κ3) is 3.72.